The van der Waals surface area contributed by atoms with Gasteiger partial charge < -0.3 is 0 Å². The Bertz CT molecular complexity index is 113. The Kier molecular flexibility index (Phi) is 6.45. The third-order valence-electron chi connectivity index (χ3n) is 3.39. The van der Waals surface area contributed by atoms with Crippen molar-refractivity contribution < 1.29 is 0 Å². The Morgan fingerprint density at radius 3 is 1.77 bits per heavy atom. The second-order valence-electron chi connectivity index (χ2n) is 4.83. The Morgan fingerprint density at radius 2 is 1.54 bits per heavy atom. The molecule has 0 aromatic carbocycles. The molecule has 0 saturated heterocycles. The van der Waals surface area contributed by atoms with Gasteiger partial charge in [0.15, 0.2) is 0 Å². The molecule has 0 aromatic rings. The van der Waals surface area contributed by atoms with Crippen LogP contribution in [0.25, 0.3) is 0 Å². The van der Waals surface area contributed by atoms with Crippen LogP contribution in [0.5, 0.6) is 0 Å². The molecule has 4 atom stereocenters. The summed E-state index contributed by atoms with van der Waals surface area (Å²) in [6.07, 6.45) is 4.09. The zero-order chi connectivity index (χ0) is 10.4. The van der Waals surface area contributed by atoms with E-state index < -0.39 is 0 Å². The molecule has 4 unspecified atom stereocenters. The Balaban J connectivity index is 0.000000424. The van der Waals surface area contributed by atoms with E-state index in [1.807, 2.05) is 0 Å². The normalized spacial score (nSPS) is 30.0. The predicted octanol–water partition coefficient (Wildman–Crippen LogP) is 4.74. The Labute approximate surface area is 85.1 Å². The first-order valence-electron chi connectivity index (χ1n) is 6.08. The molecule has 0 N–H and O–H groups in total. The van der Waals surface area contributed by atoms with E-state index in [9.17, 15) is 0 Å². The zero-order valence-electron chi connectivity index (χ0n) is 10.4. The standard InChI is InChI=1S/C10H20.C3H8/c1-5-7(2)9(4)10-6-8(10)3;1-3-2/h7-10H,5-6H2,1-4H3;3H2,1-2H3. The lowest BCUT2D eigenvalue weighted by molar-refractivity contribution is 0.326. The molecule has 0 nitrogen and oxygen atoms in total. The van der Waals surface area contributed by atoms with E-state index in [1.165, 1.54) is 19.3 Å². The van der Waals surface area contributed by atoms with Crippen LogP contribution in [0.4, 0.5) is 0 Å². The highest BCUT2D eigenvalue weighted by atomic mass is 14.4. The second kappa shape index (κ2) is 6.45. The van der Waals surface area contributed by atoms with Gasteiger partial charge in [-0.2, -0.15) is 0 Å². The molecule has 0 bridgehead atoms. The highest BCUT2D eigenvalue weighted by Crippen LogP contribution is 2.46. The summed E-state index contributed by atoms with van der Waals surface area (Å²) >= 11 is 0. The van der Waals surface area contributed by atoms with Crippen molar-refractivity contribution in [3.8, 4) is 0 Å². The first kappa shape index (κ1) is 13.0. The molecule has 0 amide bonds. The highest BCUT2D eigenvalue weighted by molar-refractivity contribution is 4.87. The summed E-state index contributed by atoms with van der Waals surface area (Å²) in [6.45, 7) is 13.7. The van der Waals surface area contributed by atoms with Crippen LogP contribution in [0.15, 0.2) is 0 Å². The smallest absolute Gasteiger partial charge is 0.0357 e. The van der Waals surface area contributed by atoms with Crippen molar-refractivity contribution in [3.63, 3.8) is 0 Å². The molecular formula is C13H28. The minimum Gasteiger partial charge on any atom is -0.0656 e. The third-order valence-corrected chi connectivity index (χ3v) is 3.39. The van der Waals surface area contributed by atoms with E-state index in [0.717, 1.165) is 23.7 Å². The van der Waals surface area contributed by atoms with Crippen molar-refractivity contribution in [2.75, 3.05) is 0 Å². The summed E-state index contributed by atoms with van der Waals surface area (Å²) in [5, 5.41) is 0. The van der Waals surface area contributed by atoms with E-state index in [2.05, 4.69) is 41.5 Å². The van der Waals surface area contributed by atoms with Crippen LogP contribution in [0.3, 0.4) is 0 Å². The Hall–Kier alpha value is 0. The molecule has 1 aliphatic rings. The van der Waals surface area contributed by atoms with Gasteiger partial charge in [0, 0.05) is 0 Å². The van der Waals surface area contributed by atoms with Gasteiger partial charge in [0.25, 0.3) is 0 Å². The quantitative estimate of drug-likeness (QED) is 0.594. The fourth-order valence-corrected chi connectivity index (χ4v) is 1.88. The van der Waals surface area contributed by atoms with Gasteiger partial charge in [0.1, 0.15) is 0 Å². The van der Waals surface area contributed by atoms with Gasteiger partial charge in [0.2, 0.25) is 0 Å². The molecule has 80 valence electrons. The summed E-state index contributed by atoms with van der Waals surface area (Å²) in [5.74, 6) is 4.01. The van der Waals surface area contributed by atoms with Gasteiger partial charge >= 0.3 is 0 Å². The lowest BCUT2D eigenvalue weighted by Gasteiger charge is -2.17. The molecule has 1 fully saturated rings. The molecule has 0 radical (unpaired) electrons. The second-order valence-corrected chi connectivity index (χ2v) is 4.83. The van der Waals surface area contributed by atoms with Gasteiger partial charge in [-0.3, -0.25) is 0 Å². The molecule has 13 heavy (non-hydrogen) atoms. The van der Waals surface area contributed by atoms with Gasteiger partial charge in [-0.1, -0.05) is 54.4 Å². The number of hydrogen-bond donors (Lipinski definition) is 0. The van der Waals surface area contributed by atoms with Crippen molar-refractivity contribution in [2.45, 2.75) is 60.8 Å². The van der Waals surface area contributed by atoms with Crippen LogP contribution in [0, 0.1) is 23.7 Å². The van der Waals surface area contributed by atoms with Gasteiger partial charge in [-0.15, -0.1) is 0 Å². The zero-order valence-corrected chi connectivity index (χ0v) is 10.4. The molecule has 0 aliphatic heterocycles. The summed E-state index contributed by atoms with van der Waals surface area (Å²) in [7, 11) is 0. The first-order valence-corrected chi connectivity index (χ1v) is 6.08. The van der Waals surface area contributed by atoms with Crippen LogP contribution in [0.2, 0.25) is 0 Å². The lowest BCUT2D eigenvalue weighted by Crippen LogP contribution is -2.09. The van der Waals surface area contributed by atoms with E-state index in [1.54, 1.807) is 0 Å². The van der Waals surface area contributed by atoms with E-state index in [-0.39, 0.29) is 0 Å². The van der Waals surface area contributed by atoms with E-state index >= 15 is 0 Å². The fraction of sp³-hybridized carbons (Fsp3) is 1.00. The van der Waals surface area contributed by atoms with Gasteiger partial charge in [0.05, 0.1) is 0 Å². The minimum absolute atomic E-state index is 0.940. The third kappa shape index (κ3) is 4.69. The molecule has 1 aliphatic carbocycles. The fourth-order valence-electron chi connectivity index (χ4n) is 1.88. The van der Waals surface area contributed by atoms with E-state index in [4.69, 9.17) is 0 Å². The summed E-state index contributed by atoms with van der Waals surface area (Å²) < 4.78 is 0. The maximum Gasteiger partial charge on any atom is -0.0357 e. The van der Waals surface area contributed by atoms with Crippen LogP contribution in [-0.2, 0) is 0 Å². The predicted molar refractivity (Wildman–Crippen MR) is 61.9 cm³/mol. The van der Waals surface area contributed by atoms with Crippen LogP contribution in [0.1, 0.15) is 60.8 Å². The van der Waals surface area contributed by atoms with Crippen LogP contribution >= 0.6 is 0 Å². The van der Waals surface area contributed by atoms with Crippen molar-refractivity contribution >= 4 is 0 Å². The number of hydrogen-bond acceptors (Lipinski definition) is 0. The van der Waals surface area contributed by atoms with Gasteiger partial charge in [-0.05, 0) is 30.1 Å². The summed E-state index contributed by atoms with van der Waals surface area (Å²) in [5.41, 5.74) is 0. The highest BCUT2D eigenvalue weighted by Gasteiger charge is 2.38. The largest absolute Gasteiger partial charge is 0.0656 e. The first-order chi connectivity index (χ1) is 6.08. The molecule has 1 rings (SSSR count). The monoisotopic (exact) mass is 184 g/mol. The lowest BCUT2D eigenvalue weighted by atomic mass is 9.89. The maximum atomic E-state index is 2.42. The molecule has 0 aromatic heterocycles. The molecule has 0 spiro atoms. The Morgan fingerprint density at radius 1 is 1.15 bits per heavy atom. The summed E-state index contributed by atoms with van der Waals surface area (Å²) in [6, 6.07) is 0. The minimum atomic E-state index is 0.940. The van der Waals surface area contributed by atoms with Crippen molar-refractivity contribution in [1.29, 1.82) is 0 Å². The van der Waals surface area contributed by atoms with Crippen LogP contribution in [-0.4, -0.2) is 0 Å². The van der Waals surface area contributed by atoms with Crippen LogP contribution < -0.4 is 0 Å². The maximum absolute atomic E-state index is 2.42. The SMILES string of the molecule is CCC.CCC(C)C(C)C1CC1C. The number of rotatable bonds is 3. The average molecular weight is 184 g/mol. The molecular weight excluding hydrogens is 156 g/mol. The van der Waals surface area contributed by atoms with Crippen molar-refractivity contribution in [1.82, 2.24) is 0 Å². The molecule has 1 saturated carbocycles. The molecule has 0 heterocycles. The van der Waals surface area contributed by atoms with Crippen molar-refractivity contribution in [3.05, 3.63) is 0 Å². The summed E-state index contributed by atoms with van der Waals surface area (Å²) in [4.78, 5) is 0. The van der Waals surface area contributed by atoms with Crippen molar-refractivity contribution in [2.24, 2.45) is 23.7 Å². The average Bonchev–Trinajstić information content (AvgIpc) is 2.81. The topological polar surface area (TPSA) is 0 Å². The van der Waals surface area contributed by atoms with Gasteiger partial charge in [-0.25, -0.2) is 0 Å². The van der Waals surface area contributed by atoms with E-state index in [0.29, 0.717) is 0 Å². The molecule has 0 heteroatoms.